The molecule has 1 fully saturated rings. The molecule has 8 nitrogen and oxygen atoms in total. The number of nitrogens with one attached hydrogen (secondary N) is 1. The first-order valence-corrected chi connectivity index (χ1v) is 10.3. The fourth-order valence-corrected chi connectivity index (χ4v) is 4.41. The van der Waals surface area contributed by atoms with Crippen LogP contribution in [0.5, 0.6) is 0 Å². The predicted octanol–water partition coefficient (Wildman–Crippen LogP) is 1.93. The van der Waals surface area contributed by atoms with Crippen LogP contribution in [-0.2, 0) is 14.8 Å². The van der Waals surface area contributed by atoms with Crippen molar-refractivity contribution in [2.75, 3.05) is 19.6 Å². The first kappa shape index (κ1) is 20.4. The molecule has 2 rings (SSSR count). The van der Waals surface area contributed by atoms with Crippen molar-refractivity contribution >= 4 is 21.9 Å². The van der Waals surface area contributed by atoms with Gasteiger partial charge >= 0.3 is 5.97 Å². The maximum absolute atomic E-state index is 12.5. The molecule has 1 saturated heterocycles. The van der Waals surface area contributed by atoms with E-state index in [4.69, 9.17) is 9.52 Å². The summed E-state index contributed by atoms with van der Waals surface area (Å²) in [4.78, 5) is 23.1. The van der Waals surface area contributed by atoms with Crippen molar-refractivity contribution in [2.45, 2.75) is 44.6 Å². The zero-order chi connectivity index (χ0) is 19.3. The van der Waals surface area contributed by atoms with Gasteiger partial charge in [0.05, 0.1) is 0 Å². The lowest BCUT2D eigenvalue weighted by molar-refractivity contribution is -0.126. The summed E-state index contributed by atoms with van der Waals surface area (Å²) in [5.41, 5.74) is 0. The molecule has 1 amide bonds. The lowest BCUT2D eigenvalue weighted by Gasteiger charge is -2.30. The third kappa shape index (κ3) is 4.64. The highest BCUT2D eigenvalue weighted by Gasteiger charge is 2.34. The molecule has 1 aliphatic rings. The Balaban J connectivity index is 1.92. The second-order valence-electron chi connectivity index (χ2n) is 6.53. The van der Waals surface area contributed by atoms with Crippen molar-refractivity contribution in [2.24, 2.45) is 11.8 Å². The molecule has 2 N–H and O–H groups in total. The maximum atomic E-state index is 12.5. The Morgan fingerprint density at radius 1 is 1.27 bits per heavy atom. The summed E-state index contributed by atoms with van der Waals surface area (Å²) in [5, 5.41) is 11.4. The fraction of sp³-hybridized carbons (Fsp3) is 0.647. The van der Waals surface area contributed by atoms with E-state index in [0.717, 1.165) is 25.0 Å². The number of carboxylic acid groups (broad SMARTS) is 1. The van der Waals surface area contributed by atoms with Gasteiger partial charge in [-0.3, -0.25) is 4.79 Å². The maximum Gasteiger partial charge on any atom is 0.371 e. The van der Waals surface area contributed by atoms with Crippen molar-refractivity contribution in [3.05, 3.63) is 17.9 Å². The molecule has 0 aliphatic carbocycles. The Labute approximate surface area is 153 Å². The van der Waals surface area contributed by atoms with E-state index in [1.807, 2.05) is 0 Å². The van der Waals surface area contributed by atoms with Crippen molar-refractivity contribution in [1.82, 2.24) is 9.62 Å². The monoisotopic (exact) mass is 386 g/mol. The second-order valence-corrected chi connectivity index (χ2v) is 8.40. The van der Waals surface area contributed by atoms with Crippen molar-refractivity contribution < 1.29 is 27.5 Å². The highest BCUT2D eigenvalue weighted by molar-refractivity contribution is 7.89. The van der Waals surface area contributed by atoms with Gasteiger partial charge in [-0.15, -0.1) is 0 Å². The van der Waals surface area contributed by atoms with Crippen LogP contribution in [0.1, 0.15) is 50.1 Å². The van der Waals surface area contributed by atoms with Crippen LogP contribution in [0.25, 0.3) is 0 Å². The van der Waals surface area contributed by atoms with Crippen LogP contribution < -0.4 is 5.32 Å². The van der Waals surface area contributed by atoms with Crippen LogP contribution in [0.2, 0.25) is 0 Å². The number of rotatable bonds is 8. The van der Waals surface area contributed by atoms with Gasteiger partial charge in [0.1, 0.15) is 0 Å². The average Bonchev–Trinajstić information content (AvgIpc) is 3.14. The van der Waals surface area contributed by atoms with Crippen LogP contribution in [0.3, 0.4) is 0 Å². The highest BCUT2D eigenvalue weighted by Crippen LogP contribution is 2.25. The Kier molecular flexibility index (Phi) is 6.82. The van der Waals surface area contributed by atoms with Gasteiger partial charge in [-0.25, -0.2) is 13.2 Å². The van der Waals surface area contributed by atoms with Gasteiger partial charge in [-0.2, -0.15) is 4.31 Å². The summed E-state index contributed by atoms with van der Waals surface area (Å²) in [6, 6.07) is 2.26. The second kappa shape index (κ2) is 8.68. The third-order valence-electron chi connectivity index (χ3n) is 4.93. The van der Waals surface area contributed by atoms with E-state index in [1.165, 1.54) is 4.31 Å². The lowest BCUT2D eigenvalue weighted by Crippen LogP contribution is -2.43. The SMILES string of the molecule is CCC(CC)CNC(=O)C1CCN(S(=O)(=O)c2ccc(C(=O)O)o2)CC1. The number of carbonyl (C=O) groups is 2. The fourth-order valence-electron chi connectivity index (χ4n) is 3.03. The Bertz CT molecular complexity index is 730. The molecule has 146 valence electrons. The van der Waals surface area contributed by atoms with E-state index in [0.29, 0.717) is 25.3 Å². The molecule has 26 heavy (non-hydrogen) atoms. The Morgan fingerprint density at radius 2 is 1.88 bits per heavy atom. The molecule has 9 heteroatoms. The number of hydrogen-bond donors (Lipinski definition) is 2. The molecule has 0 atom stereocenters. The number of sulfonamides is 1. The molecule has 1 aromatic heterocycles. The standard InChI is InChI=1S/C17H26N2O6S/c1-3-12(4-2)11-18-16(20)13-7-9-19(10-8-13)26(23,24)15-6-5-14(25-15)17(21)22/h5-6,12-13H,3-4,7-11H2,1-2H3,(H,18,20)(H,21,22). The Hall–Kier alpha value is -1.87. The lowest BCUT2D eigenvalue weighted by atomic mass is 9.96. The molecule has 0 radical (unpaired) electrons. The number of furan rings is 1. The predicted molar refractivity (Wildman–Crippen MR) is 94.2 cm³/mol. The number of hydrogen-bond acceptors (Lipinski definition) is 5. The number of nitrogens with zero attached hydrogens (tertiary/aromatic N) is 1. The van der Waals surface area contributed by atoms with Crippen LogP contribution in [0, 0.1) is 11.8 Å². The van der Waals surface area contributed by atoms with E-state index in [-0.39, 0.29) is 30.0 Å². The summed E-state index contributed by atoms with van der Waals surface area (Å²) in [5.74, 6) is -1.51. The molecular weight excluding hydrogens is 360 g/mol. The van der Waals surface area contributed by atoms with Crippen LogP contribution in [0.4, 0.5) is 0 Å². The summed E-state index contributed by atoms with van der Waals surface area (Å²) in [7, 11) is -3.89. The van der Waals surface area contributed by atoms with E-state index in [2.05, 4.69) is 19.2 Å². The summed E-state index contributed by atoms with van der Waals surface area (Å²) in [6.45, 7) is 5.24. The third-order valence-corrected chi connectivity index (χ3v) is 6.70. The average molecular weight is 386 g/mol. The quantitative estimate of drug-likeness (QED) is 0.705. The highest BCUT2D eigenvalue weighted by atomic mass is 32.2. The van der Waals surface area contributed by atoms with Gasteiger partial charge in [-0.05, 0) is 30.9 Å². The minimum atomic E-state index is -3.89. The molecule has 1 aliphatic heterocycles. The summed E-state index contributed by atoms with van der Waals surface area (Å²) >= 11 is 0. The molecular formula is C17H26N2O6S. The van der Waals surface area contributed by atoms with E-state index in [9.17, 15) is 18.0 Å². The van der Waals surface area contributed by atoms with Crippen molar-refractivity contribution in [1.29, 1.82) is 0 Å². The van der Waals surface area contributed by atoms with Gasteiger partial charge < -0.3 is 14.8 Å². The molecule has 0 spiro atoms. The largest absolute Gasteiger partial charge is 0.475 e. The molecule has 0 bridgehead atoms. The number of aromatic carboxylic acids is 1. The molecule has 1 aromatic rings. The van der Waals surface area contributed by atoms with Gasteiger partial charge in [0.2, 0.25) is 16.8 Å². The molecule has 0 saturated carbocycles. The minimum Gasteiger partial charge on any atom is -0.475 e. The first-order valence-electron chi connectivity index (χ1n) is 8.90. The van der Waals surface area contributed by atoms with Crippen LogP contribution >= 0.6 is 0 Å². The van der Waals surface area contributed by atoms with E-state index >= 15 is 0 Å². The number of carbonyl (C=O) groups excluding carboxylic acids is 1. The molecule has 0 unspecified atom stereocenters. The normalized spacial score (nSPS) is 16.7. The van der Waals surface area contributed by atoms with Crippen molar-refractivity contribution in [3.8, 4) is 0 Å². The number of amides is 1. The van der Waals surface area contributed by atoms with Gasteiger partial charge in [-0.1, -0.05) is 26.7 Å². The van der Waals surface area contributed by atoms with E-state index < -0.39 is 21.8 Å². The number of piperidine rings is 1. The minimum absolute atomic E-state index is 0.0277. The van der Waals surface area contributed by atoms with E-state index in [1.54, 1.807) is 0 Å². The van der Waals surface area contributed by atoms with Gasteiger partial charge in [0.15, 0.2) is 0 Å². The summed E-state index contributed by atoms with van der Waals surface area (Å²) in [6.07, 6.45) is 2.88. The van der Waals surface area contributed by atoms with Crippen molar-refractivity contribution in [3.63, 3.8) is 0 Å². The zero-order valence-electron chi connectivity index (χ0n) is 15.1. The first-order chi connectivity index (χ1) is 12.3. The topological polar surface area (TPSA) is 117 Å². The number of carboxylic acids is 1. The molecule has 2 heterocycles. The van der Waals surface area contributed by atoms with Crippen LogP contribution in [0.15, 0.2) is 21.6 Å². The Morgan fingerprint density at radius 3 is 2.38 bits per heavy atom. The summed E-state index contributed by atoms with van der Waals surface area (Å²) < 4.78 is 31.2. The smallest absolute Gasteiger partial charge is 0.371 e. The molecule has 0 aromatic carbocycles. The zero-order valence-corrected chi connectivity index (χ0v) is 15.9. The van der Waals surface area contributed by atoms with Crippen LogP contribution in [-0.4, -0.2) is 49.3 Å². The van der Waals surface area contributed by atoms with Gasteiger partial charge in [0, 0.05) is 25.6 Å². The van der Waals surface area contributed by atoms with Gasteiger partial charge in [0.25, 0.3) is 10.0 Å².